The third-order valence-corrected chi connectivity index (χ3v) is 8.59. The number of ether oxygens (including phenoxy) is 2. The summed E-state index contributed by atoms with van der Waals surface area (Å²) in [7, 11) is 0. The number of hydrogen-bond donors (Lipinski definition) is 1. The Labute approximate surface area is 231 Å². The van der Waals surface area contributed by atoms with Crippen LogP contribution in [-0.2, 0) is 20.9 Å². The average molecular weight is 534 g/mol. The number of fused-ring (bicyclic) bond motifs is 2. The Hall–Kier alpha value is -3.13. The number of likely N-dealkylation sites (tertiary alicyclic amines) is 1. The summed E-state index contributed by atoms with van der Waals surface area (Å²) in [5.41, 5.74) is 3.29. The number of piperidine rings is 1. The predicted octanol–water partition coefficient (Wildman–Crippen LogP) is 1.55. The number of amides is 1. The Morgan fingerprint density at radius 2 is 1.82 bits per heavy atom. The highest BCUT2D eigenvalue weighted by Crippen LogP contribution is 2.33. The molecule has 6 rings (SSSR count). The first-order chi connectivity index (χ1) is 19.1. The highest BCUT2D eigenvalue weighted by Gasteiger charge is 2.35. The summed E-state index contributed by atoms with van der Waals surface area (Å²) in [6.07, 6.45) is 6.03. The second kappa shape index (κ2) is 11.5. The SMILES string of the molecule is CC#CC(=O)N1CCC(N2CCN(C3=CC4Nc5nccc(N6CCOCC6)c5COC4C(C)=N3)CC2)CC1. The highest BCUT2D eigenvalue weighted by atomic mass is 16.5. The molecule has 1 aromatic rings. The zero-order valence-electron chi connectivity index (χ0n) is 23.1. The molecule has 10 nitrogen and oxygen atoms in total. The molecule has 1 aromatic heterocycles. The third-order valence-electron chi connectivity index (χ3n) is 8.59. The van der Waals surface area contributed by atoms with Crippen molar-refractivity contribution >= 4 is 23.1 Å². The minimum atomic E-state index is -0.118. The summed E-state index contributed by atoms with van der Waals surface area (Å²) in [5.74, 6) is 7.29. The fourth-order valence-electron chi connectivity index (χ4n) is 6.42. The largest absolute Gasteiger partial charge is 0.378 e. The molecule has 208 valence electrons. The smallest absolute Gasteiger partial charge is 0.298 e. The van der Waals surface area contributed by atoms with Crippen LogP contribution in [0.2, 0.25) is 0 Å². The van der Waals surface area contributed by atoms with E-state index >= 15 is 0 Å². The van der Waals surface area contributed by atoms with Crippen molar-refractivity contribution in [3.05, 3.63) is 29.7 Å². The van der Waals surface area contributed by atoms with E-state index < -0.39 is 0 Å². The number of nitrogens with zero attached hydrogens (tertiary/aromatic N) is 6. The summed E-state index contributed by atoms with van der Waals surface area (Å²) in [4.78, 5) is 31.1. The lowest BCUT2D eigenvalue weighted by Gasteiger charge is -2.43. The average Bonchev–Trinajstić information content (AvgIpc) is 3.17. The number of rotatable bonds is 3. The summed E-state index contributed by atoms with van der Waals surface area (Å²) >= 11 is 0. The molecule has 39 heavy (non-hydrogen) atoms. The normalized spacial score (nSPS) is 26.3. The minimum absolute atomic E-state index is 0.0164. The molecule has 2 unspecified atom stereocenters. The molecule has 6 heterocycles. The van der Waals surface area contributed by atoms with Gasteiger partial charge >= 0.3 is 0 Å². The molecule has 3 saturated heterocycles. The molecule has 0 spiro atoms. The van der Waals surface area contributed by atoms with Crippen molar-refractivity contribution in [2.75, 3.05) is 75.8 Å². The Bertz CT molecular complexity index is 1180. The van der Waals surface area contributed by atoms with Crippen LogP contribution in [0.4, 0.5) is 11.5 Å². The number of nitrogens with one attached hydrogen (secondary N) is 1. The van der Waals surface area contributed by atoms with Gasteiger partial charge in [0.25, 0.3) is 5.91 Å². The molecule has 0 radical (unpaired) electrons. The van der Waals surface area contributed by atoms with Gasteiger partial charge in [-0.05, 0) is 44.8 Å². The molecular weight excluding hydrogens is 494 g/mol. The molecule has 3 fully saturated rings. The molecule has 1 amide bonds. The van der Waals surface area contributed by atoms with E-state index in [-0.39, 0.29) is 18.1 Å². The zero-order valence-corrected chi connectivity index (χ0v) is 23.1. The van der Waals surface area contributed by atoms with Crippen molar-refractivity contribution in [1.82, 2.24) is 19.7 Å². The number of carbonyl (C=O) groups excluding carboxylic acids is 1. The van der Waals surface area contributed by atoms with E-state index in [4.69, 9.17) is 19.5 Å². The van der Waals surface area contributed by atoms with Crippen molar-refractivity contribution in [3.8, 4) is 11.8 Å². The summed E-state index contributed by atoms with van der Waals surface area (Å²) in [5, 5.41) is 3.69. The van der Waals surface area contributed by atoms with Crippen LogP contribution in [0.5, 0.6) is 0 Å². The van der Waals surface area contributed by atoms with Gasteiger partial charge in [0.1, 0.15) is 17.7 Å². The van der Waals surface area contributed by atoms with Crippen LogP contribution < -0.4 is 10.2 Å². The van der Waals surface area contributed by atoms with Crippen LogP contribution in [0, 0.1) is 11.8 Å². The van der Waals surface area contributed by atoms with E-state index in [9.17, 15) is 4.79 Å². The maximum Gasteiger partial charge on any atom is 0.298 e. The fraction of sp³-hybridized carbons (Fsp3) is 0.621. The Balaban J connectivity index is 1.10. The van der Waals surface area contributed by atoms with E-state index in [0.29, 0.717) is 12.6 Å². The van der Waals surface area contributed by atoms with Crippen molar-refractivity contribution < 1.29 is 14.3 Å². The lowest BCUT2D eigenvalue weighted by molar-refractivity contribution is -0.126. The lowest BCUT2D eigenvalue weighted by atomic mass is 10.0. The van der Waals surface area contributed by atoms with Gasteiger partial charge in [0.2, 0.25) is 0 Å². The first-order valence-electron chi connectivity index (χ1n) is 14.3. The summed E-state index contributed by atoms with van der Waals surface area (Å²) < 4.78 is 12.0. The standard InChI is InChI=1S/C29H39N7O3/c1-3-4-27(37)36-9-6-22(7-10-36)33-11-13-35(14-12-33)26-19-24-28(21(2)31-26)39-20-23-25(5-8-30-29(23)32-24)34-15-17-38-18-16-34/h5,8,19,22,24,28H,6-7,9-18,20H2,1-2H3,(H,30,32). The number of anilines is 2. The van der Waals surface area contributed by atoms with Crippen LogP contribution in [0.1, 0.15) is 32.3 Å². The molecular formula is C29H39N7O3. The van der Waals surface area contributed by atoms with Crippen LogP contribution in [0.15, 0.2) is 29.2 Å². The van der Waals surface area contributed by atoms with Gasteiger partial charge in [-0.1, -0.05) is 5.92 Å². The number of pyridine rings is 1. The summed E-state index contributed by atoms with van der Waals surface area (Å²) in [6.45, 7) is 13.0. The first-order valence-corrected chi connectivity index (χ1v) is 14.3. The number of carbonyl (C=O) groups is 1. The first kappa shape index (κ1) is 26.1. The zero-order chi connectivity index (χ0) is 26.8. The lowest BCUT2D eigenvalue weighted by Crippen LogP contribution is -2.53. The van der Waals surface area contributed by atoms with Gasteiger partial charge in [-0.25, -0.2) is 9.98 Å². The quantitative estimate of drug-likeness (QED) is 0.586. The van der Waals surface area contributed by atoms with E-state index in [0.717, 1.165) is 101 Å². The van der Waals surface area contributed by atoms with Crippen molar-refractivity contribution in [2.24, 2.45) is 4.99 Å². The van der Waals surface area contributed by atoms with Gasteiger partial charge in [-0.15, -0.1) is 0 Å². The minimum Gasteiger partial charge on any atom is -0.378 e. The molecule has 0 aliphatic carbocycles. The highest BCUT2D eigenvalue weighted by molar-refractivity contribution is 5.93. The number of hydrogen-bond acceptors (Lipinski definition) is 9. The van der Waals surface area contributed by atoms with E-state index in [1.54, 1.807) is 6.92 Å². The van der Waals surface area contributed by atoms with E-state index in [2.05, 4.69) is 50.9 Å². The van der Waals surface area contributed by atoms with Crippen molar-refractivity contribution in [2.45, 2.75) is 51.5 Å². The number of morpholine rings is 1. The fourth-order valence-corrected chi connectivity index (χ4v) is 6.42. The number of piperazine rings is 1. The molecule has 0 saturated carbocycles. The van der Waals surface area contributed by atoms with Crippen molar-refractivity contribution in [1.29, 1.82) is 0 Å². The van der Waals surface area contributed by atoms with Crippen LogP contribution in [0.25, 0.3) is 0 Å². The molecule has 0 bridgehead atoms. The van der Waals surface area contributed by atoms with Crippen LogP contribution in [0.3, 0.4) is 0 Å². The Morgan fingerprint density at radius 1 is 1.05 bits per heavy atom. The third kappa shape index (κ3) is 5.49. The van der Waals surface area contributed by atoms with Gasteiger partial charge in [0, 0.05) is 81.6 Å². The van der Waals surface area contributed by atoms with Gasteiger partial charge in [0.15, 0.2) is 0 Å². The Kier molecular flexibility index (Phi) is 7.73. The predicted molar refractivity (Wildman–Crippen MR) is 151 cm³/mol. The second-order valence-corrected chi connectivity index (χ2v) is 10.9. The van der Waals surface area contributed by atoms with E-state index in [1.807, 2.05) is 11.1 Å². The topological polar surface area (TPSA) is 85.8 Å². The van der Waals surface area contributed by atoms with Gasteiger partial charge in [-0.3, -0.25) is 9.69 Å². The van der Waals surface area contributed by atoms with Crippen LogP contribution >= 0.6 is 0 Å². The van der Waals surface area contributed by atoms with E-state index in [1.165, 1.54) is 5.69 Å². The monoisotopic (exact) mass is 533 g/mol. The maximum atomic E-state index is 12.1. The molecule has 2 atom stereocenters. The number of aromatic nitrogens is 1. The Morgan fingerprint density at radius 3 is 2.56 bits per heavy atom. The van der Waals surface area contributed by atoms with Crippen LogP contribution in [-0.4, -0.2) is 115 Å². The molecule has 5 aliphatic rings. The van der Waals surface area contributed by atoms with Gasteiger partial charge in [0.05, 0.1) is 25.9 Å². The van der Waals surface area contributed by atoms with Gasteiger partial charge < -0.3 is 29.5 Å². The maximum absolute atomic E-state index is 12.1. The summed E-state index contributed by atoms with van der Waals surface area (Å²) in [6, 6.07) is 2.60. The molecule has 5 aliphatic heterocycles. The van der Waals surface area contributed by atoms with Crippen molar-refractivity contribution in [3.63, 3.8) is 0 Å². The molecule has 0 aromatic carbocycles. The molecule has 10 heteroatoms. The second-order valence-electron chi connectivity index (χ2n) is 10.9. The van der Waals surface area contributed by atoms with Gasteiger partial charge in [-0.2, -0.15) is 0 Å². The molecule has 1 N–H and O–H groups in total. The number of aliphatic imine (C=N–C) groups is 1.